The Bertz CT molecular complexity index is 551. The lowest BCUT2D eigenvalue weighted by Gasteiger charge is -2.30. The van der Waals surface area contributed by atoms with E-state index in [4.69, 9.17) is 10.9 Å². The second kappa shape index (κ2) is 5.36. The highest BCUT2D eigenvalue weighted by Crippen LogP contribution is 2.25. The Balaban J connectivity index is 2.16. The summed E-state index contributed by atoms with van der Waals surface area (Å²) in [4.78, 5) is 2.35. The van der Waals surface area contributed by atoms with Gasteiger partial charge in [0.1, 0.15) is 0 Å². The third-order valence-corrected chi connectivity index (χ3v) is 4.34. The molecule has 1 aromatic rings. The fourth-order valence-corrected chi connectivity index (χ4v) is 2.75. The van der Waals surface area contributed by atoms with E-state index in [1.807, 2.05) is 0 Å². The van der Waals surface area contributed by atoms with Crippen molar-refractivity contribution >= 4 is 21.4 Å². The summed E-state index contributed by atoms with van der Waals surface area (Å²) < 4.78 is 22.7. The Kier molecular flexibility index (Phi) is 3.98. The van der Waals surface area contributed by atoms with E-state index < -0.39 is 10.0 Å². The minimum atomic E-state index is -3.70. The second-order valence-corrected chi connectivity index (χ2v) is 6.58. The fraction of sp³-hybridized carbons (Fsp3) is 0.500. The summed E-state index contributed by atoms with van der Waals surface area (Å²) in [6, 6.07) is 4.80. The van der Waals surface area contributed by atoms with E-state index in [9.17, 15) is 8.42 Å². The first-order valence-electron chi connectivity index (χ1n) is 6.23. The Morgan fingerprint density at radius 1 is 1.32 bits per heavy atom. The zero-order valence-electron chi connectivity index (χ0n) is 11.0. The van der Waals surface area contributed by atoms with E-state index in [1.54, 1.807) is 6.07 Å². The van der Waals surface area contributed by atoms with Gasteiger partial charge in [0.05, 0.1) is 16.3 Å². The van der Waals surface area contributed by atoms with Crippen LogP contribution in [0, 0.1) is 0 Å². The van der Waals surface area contributed by atoms with Crippen LogP contribution in [0.25, 0.3) is 0 Å². The highest BCUT2D eigenvalue weighted by Gasteiger charge is 2.18. The SMILES string of the molecule is CN1CCC(Nc2cc(S(N)(=O)=O)ccc2N)CC1. The molecule has 106 valence electrons. The largest absolute Gasteiger partial charge is 0.397 e. The van der Waals surface area contributed by atoms with E-state index in [0.717, 1.165) is 25.9 Å². The molecule has 0 aliphatic carbocycles. The average Bonchev–Trinajstić information content (AvgIpc) is 2.33. The number of piperidine rings is 1. The molecule has 0 bridgehead atoms. The topological polar surface area (TPSA) is 101 Å². The van der Waals surface area contributed by atoms with E-state index in [2.05, 4.69) is 17.3 Å². The predicted molar refractivity (Wildman–Crippen MR) is 76.4 cm³/mol. The molecule has 1 aromatic carbocycles. The normalized spacial score (nSPS) is 18.4. The number of nitrogens with zero attached hydrogens (tertiary/aromatic N) is 1. The molecule has 1 saturated heterocycles. The maximum absolute atomic E-state index is 11.3. The van der Waals surface area contributed by atoms with Crippen LogP contribution < -0.4 is 16.2 Å². The van der Waals surface area contributed by atoms with Gasteiger partial charge >= 0.3 is 0 Å². The average molecular weight is 284 g/mol. The standard InChI is InChI=1S/C12H20N4O2S/c1-16-6-4-9(5-7-16)15-12-8-10(19(14,17)18)2-3-11(12)13/h2-3,8-9,15H,4-7,13H2,1H3,(H2,14,17,18). The predicted octanol–water partition coefficient (Wildman–Crippen LogP) is 0.422. The van der Waals surface area contributed by atoms with E-state index in [1.165, 1.54) is 12.1 Å². The molecule has 7 heteroatoms. The Morgan fingerprint density at radius 2 is 1.95 bits per heavy atom. The number of sulfonamides is 1. The molecule has 0 amide bonds. The molecule has 1 aliphatic heterocycles. The second-order valence-electron chi connectivity index (χ2n) is 5.02. The number of nitrogens with two attached hydrogens (primary N) is 2. The molecule has 1 fully saturated rings. The fourth-order valence-electron chi connectivity index (χ4n) is 2.21. The molecule has 5 N–H and O–H groups in total. The van der Waals surface area contributed by atoms with E-state index >= 15 is 0 Å². The van der Waals surface area contributed by atoms with Gasteiger partial charge in [-0.15, -0.1) is 0 Å². The van der Waals surface area contributed by atoms with Crippen LogP contribution in [-0.4, -0.2) is 39.5 Å². The van der Waals surface area contributed by atoms with Crippen molar-refractivity contribution in [2.45, 2.75) is 23.8 Å². The number of rotatable bonds is 3. The highest BCUT2D eigenvalue weighted by molar-refractivity contribution is 7.89. The first-order chi connectivity index (χ1) is 8.86. The van der Waals surface area contributed by atoms with Gasteiger partial charge in [0, 0.05) is 6.04 Å². The molecule has 0 atom stereocenters. The Morgan fingerprint density at radius 3 is 2.53 bits per heavy atom. The highest BCUT2D eigenvalue weighted by atomic mass is 32.2. The smallest absolute Gasteiger partial charge is 0.238 e. The van der Waals surface area contributed by atoms with Crippen molar-refractivity contribution in [3.8, 4) is 0 Å². The van der Waals surface area contributed by atoms with Gasteiger partial charge in [-0.25, -0.2) is 13.6 Å². The van der Waals surface area contributed by atoms with Gasteiger partial charge in [0.2, 0.25) is 10.0 Å². The lowest BCUT2D eigenvalue weighted by molar-refractivity contribution is 0.264. The zero-order chi connectivity index (χ0) is 14.0. The van der Waals surface area contributed by atoms with Gasteiger partial charge in [-0.2, -0.15) is 0 Å². The Labute approximate surface area is 113 Å². The van der Waals surface area contributed by atoms with Gasteiger partial charge in [-0.05, 0) is 51.2 Å². The summed E-state index contributed by atoms with van der Waals surface area (Å²) in [5, 5.41) is 8.43. The molecule has 6 nitrogen and oxygen atoms in total. The van der Waals surface area contributed by atoms with Gasteiger partial charge in [-0.3, -0.25) is 0 Å². The molecule has 1 heterocycles. The van der Waals surface area contributed by atoms with Gasteiger partial charge in [0.15, 0.2) is 0 Å². The van der Waals surface area contributed by atoms with Crippen molar-refractivity contribution in [2.75, 3.05) is 31.2 Å². The summed E-state index contributed by atoms with van der Waals surface area (Å²) in [7, 11) is -1.61. The lowest BCUT2D eigenvalue weighted by Crippen LogP contribution is -2.36. The van der Waals surface area contributed by atoms with Crippen molar-refractivity contribution < 1.29 is 8.42 Å². The third-order valence-electron chi connectivity index (χ3n) is 3.43. The first-order valence-corrected chi connectivity index (χ1v) is 7.78. The van der Waals surface area contributed by atoms with Crippen LogP contribution in [0.5, 0.6) is 0 Å². The van der Waals surface area contributed by atoms with Crippen LogP contribution in [0.2, 0.25) is 0 Å². The monoisotopic (exact) mass is 284 g/mol. The molecule has 1 aliphatic rings. The number of primary sulfonamides is 1. The lowest BCUT2D eigenvalue weighted by atomic mass is 10.1. The van der Waals surface area contributed by atoms with E-state index in [-0.39, 0.29) is 4.90 Å². The summed E-state index contributed by atoms with van der Waals surface area (Å²) >= 11 is 0. The first kappa shape index (κ1) is 14.1. The number of likely N-dealkylation sites (tertiary alicyclic amines) is 1. The summed E-state index contributed by atoms with van der Waals surface area (Å²) in [5.74, 6) is 0. The summed E-state index contributed by atoms with van der Waals surface area (Å²) in [6.07, 6.45) is 2.02. The van der Waals surface area contributed by atoms with Crippen molar-refractivity contribution in [3.05, 3.63) is 18.2 Å². The van der Waals surface area contributed by atoms with E-state index in [0.29, 0.717) is 17.4 Å². The molecule has 0 saturated carbocycles. The van der Waals surface area contributed by atoms with Crippen molar-refractivity contribution in [1.29, 1.82) is 0 Å². The Hall–Kier alpha value is -1.31. The van der Waals surface area contributed by atoms with Crippen molar-refractivity contribution in [3.63, 3.8) is 0 Å². The molecule has 19 heavy (non-hydrogen) atoms. The number of benzene rings is 1. The van der Waals surface area contributed by atoms with Crippen LogP contribution in [0.3, 0.4) is 0 Å². The van der Waals surface area contributed by atoms with Gasteiger partial charge in [0.25, 0.3) is 0 Å². The van der Waals surface area contributed by atoms with Crippen LogP contribution in [0.1, 0.15) is 12.8 Å². The van der Waals surface area contributed by atoms with Crippen molar-refractivity contribution in [2.24, 2.45) is 5.14 Å². The maximum Gasteiger partial charge on any atom is 0.238 e. The molecule has 0 radical (unpaired) electrons. The third kappa shape index (κ3) is 3.59. The minimum absolute atomic E-state index is 0.0807. The number of anilines is 2. The van der Waals surface area contributed by atoms with Crippen LogP contribution >= 0.6 is 0 Å². The summed E-state index contributed by atoms with van der Waals surface area (Å²) in [6.45, 7) is 2.04. The molecular weight excluding hydrogens is 264 g/mol. The summed E-state index contributed by atoms with van der Waals surface area (Å²) in [5.41, 5.74) is 7.04. The molecule has 2 rings (SSSR count). The molecule has 0 spiro atoms. The molecule has 0 aromatic heterocycles. The van der Waals surface area contributed by atoms with Gasteiger partial charge < -0.3 is 16.0 Å². The quantitative estimate of drug-likeness (QED) is 0.698. The van der Waals surface area contributed by atoms with Crippen LogP contribution in [-0.2, 0) is 10.0 Å². The molecule has 0 unspecified atom stereocenters. The number of hydrogen-bond donors (Lipinski definition) is 3. The minimum Gasteiger partial charge on any atom is -0.397 e. The van der Waals surface area contributed by atoms with Crippen molar-refractivity contribution in [1.82, 2.24) is 4.90 Å². The van der Waals surface area contributed by atoms with Gasteiger partial charge in [-0.1, -0.05) is 0 Å². The molecular formula is C12H20N4O2S. The number of hydrogen-bond acceptors (Lipinski definition) is 5. The van der Waals surface area contributed by atoms with Crippen LogP contribution in [0.4, 0.5) is 11.4 Å². The van der Waals surface area contributed by atoms with Crippen LogP contribution in [0.15, 0.2) is 23.1 Å². The zero-order valence-corrected chi connectivity index (χ0v) is 11.8. The number of nitrogens with one attached hydrogen (secondary N) is 1. The maximum atomic E-state index is 11.3. The number of nitrogen functional groups attached to an aromatic ring is 1.